The molecule has 2 aromatic heterocycles. The molecule has 24 heavy (non-hydrogen) atoms. The predicted molar refractivity (Wildman–Crippen MR) is 93.9 cm³/mol. The van der Waals surface area contributed by atoms with Crippen LogP contribution in [0, 0.1) is 13.8 Å². The molecule has 3 rings (SSSR count). The van der Waals surface area contributed by atoms with Crippen LogP contribution in [-0.2, 0) is 6.54 Å². The first-order chi connectivity index (χ1) is 11.6. The highest BCUT2D eigenvalue weighted by Crippen LogP contribution is 2.31. The molecule has 3 heterocycles. The van der Waals surface area contributed by atoms with E-state index in [0.29, 0.717) is 0 Å². The standard InChI is InChI=1S/C18H25N5O/c1-4-11-23-14(3)17(13(2)21-23)20-18(24)22-12-7-9-16(22)15-8-5-6-10-19-15/h5-6,8,10,16H,4,7,9,11-12H2,1-3H3,(H,20,24)/t16-/m1/s1. The van der Waals surface area contributed by atoms with Gasteiger partial charge in [0.25, 0.3) is 0 Å². The number of anilines is 1. The van der Waals surface area contributed by atoms with Gasteiger partial charge in [-0.2, -0.15) is 5.10 Å². The van der Waals surface area contributed by atoms with Crippen molar-refractivity contribution in [2.45, 2.75) is 52.6 Å². The number of carbonyl (C=O) groups is 1. The number of hydrogen-bond donors (Lipinski definition) is 1. The number of aromatic nitrogens is 3. The zero-order valence-electron chi connectivity index (χ0n) is 14.6. The van der Waals surface area contributed by atoms with Gasteiger partial charge in [-0.3, -0.25) is 9.67 Å². The Morgan fingerprint density at radius 3 is 2.92 bits per heavy atom. The maximum Gasteiger partial charge on any atom is 0.322 e. The van der Waals surface area contributed by atoms with Gasteiger partial charge in [-0.05, 0) is 45.2 Å². The summed E-state index contributed by atoms with van der Waals surface area (Å²) in [5.41, 5.74) is 3.67. The van der Waals surface area contributed by atoms with Crippen LogP contribution in [0.2, 0.25) is 0 Å². The Balaban J connectivity index is 1.77. The minimum absolute atomic E-state index is 0.0532. The fourth-order valence-corrected chi connectivity index (χ4v) is 3.38. The third-order valence-electron chi connectivity index (χ3n) is 4.59. The number of pyridine rings is 1. The molecule has 128 valence electrons. The maximum absolute atomic E-state index is 12.8. The molecule has 1 aliphatic rings. The fraction of sp³-hybridized carbons (Fsp3) is 0.500. The van der Waals surface area contributed by atoms with Crippen molar-refractivity contribution in [3.63, 3.8) is 0 Å². The smallest absolute Gasteiger partial charge is 0.316 e. The summed E-state index contributed by atoms with van der Waals surface area (Å²) in [6, 6.07) is 5.85. The second-order valence-corrected chi connectivity index (χ2v) is 6.31. The van der Waals surface area contributed by atoms with Gasteiger partial charge in [-0.1, -0.05) is 13.0 Å². The van der Waals surface area contributed by atoms with Crippen molar-refractivity contribution in [2.75, 3.05) is 11.9 Å². The van der Waals surface area contributed by atoms with Crippen molar-refractivity contribution >= 4 is 11.7 Å². The first-order valence-electron chi connectivity index (χ1n) is 8.64. The Bertz CT molecular complexity index is 710. The van der Waals surface area contributed by atoms with Gasteiger partial charge < -0.3 is 10.2 Å². The average molecular weight is 327 g/mol. The number of aryl methyl sites for hydroxylation is 2. The monoisotopic (exact) mass is 327 g/mol. The lowest BCUT2D eigenvalue weighted by Crippen LogP contribution is -2.35. The zero-order chi connectivity index (χ0) is 17.1. The molecule has 1 atom stereocenters. The van der Waals surface area contributed by atoms with Crippen LogP contribution in [0.15, 0.2) is 24.4 Å². The van der Waals surface area contributed by atoms with Crippen molar-refractivity contribution in [3.05, 3.63) is 41.5 Å². The molecule has 0 aromatic carbocycles. The lowest BCUT2D eigenvalue weighted by molar-refractivity contribution is 0.206. The molecule has 6 heteroatoms. The molecule has 0 aliphatic carbocycles. The van der Waals surface area contributed by atoms with Gasteiger partial charge in [0.05, 0.1) is 28.8 Å². The van der Waals surface area contributed by atoms with Crippen LogP contribution in [0.1, 0.15) is 49.3 Å². The van der Waals surface area contributed by atoms with E-state index < -0.39 is 0 Å². The van der Waals surface area contributed by atoms with Crippen LogP contribution in [0.4, 0.5) is 10.5 Å². The number of amides is 2. The van der Waals surface area contributed by atoms with E-state index in [1.54, 1.807) is 6.20 Å². The molecule has 1 fully saturated rings. The minimum Gasteiger partial charge on any atom is -0.316 e. The summed E-state index contributed by atoms with van der Waals surface area (Å²) in [5, 5.41) is 7.60. The Morgan fingerprint density at radius 2 is 2.21 bits per heavy atom. The number of carbonyl (C=O) groups excluding carboxylic acids is 1. The number of urea groups is 1. The summed E-state index contributed by atoms with van der Waals surface area (Å²) in [4.78, 5) is 19.1. The first kappa shape index (κ1) is 16.5. The number of rotatable bonds is 4. The van der Waals surface area contributed by atoms with Crippen LogP contribution in [0.3, 0.4) is 0 Å². The Hall–Kier alpha value is -2.37. The summed E-state index contributed by atoms with van der Waals surface area (Å²) >= 11 is 0. The number of hydrogen-bond acceptors (Lipinski definition) is 3. The van der Waals surface area contributed by atoms with E-state index in [9.17, 15) is 4.79 Å². The summed E-state index contributed by atoms with van der Waals surface area (Å²) in [6.07, 6.45) is 4.76. The summed E-state index contributed by atoms with van der Waals surface area (Å²) in [7, 11) is 0. The third-order valence-corrected chi connectivity index (χ3v) is 4.59. The highest BCUT2D eigenvalue weighted by atomic mass is 16.2. The molecule has 2 amide bonds. The molecule has 1 saturated heterocycles. The Labute approximate surface area is 142 Å². The van der Waals surface area contributed by atoms with E-state index in [1.807, 2.05) is 41.6 Å². The van der Waals surface area contributed by atoms with Gasteiger partial charge in [0.1, 0.15) is 0 Å². The summed E-state index contributed by atoms with van der Waals surface area (Å²) in [5.74, 6) is 0. The van der Waals surface area contributed by atoms with E-state index in [1.165, 1.54) is 0 Å². The van der Waals surface area contributed by atoms with E-state index in [-0.39, 0.29) is 12.1 Å². The number of nitrogens with one attached hydrogen (secondary N) is 1. The second-order valence-electron chi connectivity index (χ2n) is 6.31. The number of likely N-dealkylation sites (tertiary alicyclic amines) is 1. The predicted octanol–water partition coefficient (Wildman–Crippen LogP) is 3.67. The molecule has 0 saturated carbocycles. The lowest BCUT2D eigenvalue weighted by Gasteiger charge is -2.24. The van der Waals surface area contributed by atoms with Crippen molar-refractivity contribution in [2.24, 2.45) is 0 Å². The quantitative estimate of drug-likeness (QED) is 0.932. The van der Waals surface area contributed by atoms with Crippen molar-refractivity contribution in [1.82, 2.24) is 19.7 Å². The Morgan fingerprint density at radius 1 is 1.38 bits per heavy atom. The third kappa shape index (κ3) is 3.13. The molecule has 0 spiro atoms. The molecule has 0 radical (unpaired) electrons. The van der Waals surface area contributed by atoms with E-state index in [2.05, 4.69) is 22.3 Å². The molecular formula is C18H25N5O. The molecule has 1 N–H and O–H groups in total. The van der Waals surface area contributed by atoms with Gasteiger partial charge >= 0.3 is 6.03 Å². The van der Waals surface area contributed by atoms with E-state index >= 15 is 0 Å². The van der Waals surface area contributed by atoms with Crippen LogP contribution in [-0.4, -0.2) is 32.2 Å². The van der Waals surface area contributed by atoms with Crippen molar-refractivity contribution in [3.8, 4) is 0 Å². The molecule has 0 bridgehead atoms. The van der Waals surface area contributed by atoms with Crippen LogP contribution in [0.25, 0.3) is 0 Å². The normalized spacial score (nSPS) is 17.3. The van der Waals surface area contributed by atoms with E-state index in [0.717, 1.165) is 55.1 Å². The molecule has 0 unspecified atom stereocenters. The Kier molecular flexibility index (Phi) is 4.83. The number of nitrogens with zero attached hydrogens (tertiary/aromatic N) is 4. The van der Waals surface area contributed by atoms with Crippen LogP contribution < -0.4 is 5.32 Å². The van der Waals surface area contributed by atoms with Crippen LogP contribution >= 0.6 is 0 Å². The van der Waals surface area contributed by atoms with Gasteiger partial charge in [-0.15, -0.1) is 0 Å². The minimum atomic E-state index is -0.0644. The van der Waals surface area contributed by atoms with Crippen molar-refractivity contribution in [1.29, 1.82) is 0 Å². The average Bonchev–Trinajstić information content (AvgIpc) is 3.17. The highest BCUT2D eigenvalue weighted by Gasteiger charge is 2.31. The highest BCUT2D eigenvalue weighted by molar-refractivity contribution is 5.91. The SMILES string of the molecule is CCCn1nc(C)c(NC(=O)N2CCC[C@@H]2c2ccccn2)c1C. The van der Waals surface area contributed by atoms with Gasteiger partial charge in [0, 0.05) is 19.3 Å². The fourth-order valence-electron chi connectivity index (χ4n) is 3.38. The van der Waals surface area contributed by atoms with Gasteiger partial charge in [0.15, 0.2) is 0 Å². The van der Waals surface area contributed by atoms with Crippen LogP contribution in [0.5, 0.6) is 0 Å². The van der Waals surface area contributed by atoms with Gasteiger partial charge in [-0.25, -0.2) is 4.79 Å². The molecule has 6 nitrogen and oxygen atoms in total. The zero-order valence-corrected chi connectivity index (χ0v) is 14.6. The van der Waals surface area contributed by atoms with Gasteiger partial charge in [0.2, 0.25) is 0 Å². The maximum atomic E-state index is 12.8. The molecule has 2 aromatic rings. The molecular weight excluding hydrogens is 302 g/mol. The van der Waals surface area contributed by atoms with Crippen molar-refractivity contribution < 1.29 is 4.79 Å². The second kappa shape index (κ2) is 7.03. The first-order valence-corrected chi connectivity index (χ1v) is 8.64. The summed E-state index contributed by atoms with van der Waals surface area (Å²) in [6.45, 7) is 7.69. The largest absolute Gasteiger partial charge is 0.322 e. The topological polar surface area (TPSA) is 63.1 Å². The van der Waals surface area contributed by atoms with E-state index in [4.69, 9.17) is 0 Å². The molecule has 1 aliphatic heterocycles. The summed E-state index contributed by atoms with van der Waals surface area (Å²) < 4.78 is 1.96. The lowest BCUT2D eigenvalue weighted by atomic mass is 10.1.